The van der Waals surface area contributed by atoms with Crippen LogP contribution < -0.4 is 5.32 Å². The summed E-state index contributed by atoms with van der Waals surface area (Å²) >= 11 is 0. The average Bonchev–Trinajstić information content (AvgIpc) is 3.43. The molecule has 4 aliphatic carbocycles. The number of rotatable bonds is 11. The molecule has 0 bridgehead atoms. The number of esters is 2. The molecule has 2 saturated carbocycles. The molecule has 5 aliphatic rings. The molecule has 1 aliphatic heterocycles. The molecule has 59 heavy (non-hydrogen) atoms. The molecule has 13 nitrogen and oxygen atoms in total. The van der Waals surface area contributed by atoms with Gasteiger partial charge in [0.15, 0.2) is 12.3 Å². The average molecular weight is 828 g/mol. The van der Waals surface area contributed by atoms with Crippen LogP contribution in [0.5, 0.6) is 0 Å². The predicted molar refractivity (Wildman–Crippen MR) is 217 cm³/mol. The second-order valence-corrected chi connectivity index (χ2v) is 20.6. The smallest absolute Gasteiger partial charge is 0.331 e. The molecule has 1 saturated heterocycles. The second-order valence-electron chi connectivity index (χ2n) is 20.6. The van der Waals surface area contributed by atoms with Crippen LogP contribution in [-0.2, 0) is 28.6 Å². The molecule has 0 radical (unpaired) electrons. The first-order valence-electron chi connectivity index (χ1n) is 21.5. The van der Waals surface area contributed by atoms with E-state index >= 15 is 0 Å². The second kappa shape index (κ2) is 16.1. The summed E-state index contributed by atoms with van der Waals surface area (Å²) in [5, 5.41) is 70.7. The van der Waals surface area contributed by atoms with E-state index in [0.717, 1.165) is 38.4 Å². The van der Waals surface area contributed by atoms with Crippen molar-refractivity contribution in [3.8, 4) is 0 Å². The number of methoxy groups -OCH3 is 1. The van der Waals surface area contributed by atoms with E-state index in [-0.39, 0.29) is 23.2 Å². The van der Waals surface area contributed by atoms with Gasteiger partial charge in [0, 0.05) is 11.3 Å². The Morgan fingerprint density at radius 1 is 0.932 bits per heavy atom. The molecule has 0 spiro atoms. The van der Waals surface area contributed by atoms with Crippen LogP contribution in [0.2, 0.25) is 0 Å². The molecule has 14 unspecified atom stereocenters. The highest BCUT2D eigenvalue weighted by Gasteiger charge is 2.68. The zero-order valence-corrected chi connectivity index (χ0v) is 36.4. The monoisotopic (exact) mass is 827 g/mol. The van der Waals surface area contributed by atoms with Crippen molar-refractivity contribution in [2.75, 3.05) is 7.11 Å². The van der Waals surface area contributed by atoms with Gasteiger partial charge in [0.2, 0.25) is 5.91 Å². The van der Waals surface area contributed by atoms with Gasteiger partial charge in [-0.25, -0.2) is 4.79 Å². The highest BCUT2D eigenvalue weighted by Crippen LogP contribution is 2.73. The maximum Gasteiger partial charge on any atom is 0.331 e. The summed E-state index contributed by atoms with van der Waals surface area (Å²) in [6.07, 6.45) is -1.48. The lowest BCUT2D eigenvalue weighted by Gasteiger charge is -2.64. The summed E-state index contributed by atoms with van der Waals surface area (Å²) < 4.78 is 16.9. The molecule has 1 aromatic rings. The minimum absolute atomic E-state index is 0.00619. The Bertz CT molecular complexity index is 1770. The lowest BCUT2D eigenvalue weighted by Crippen LogP contribution is -2.62. The number of aliphatic hydroxyl groups excluding tert-OH is 4. The SMILES string of the molecule is COC(=O)C(NC(=O)CC(C)(O)CC(=O)OC1CC2(C)C3=C(CCC2C(C)(C)C1O)C1(C)CCC(C2CCC(C(C)(C)O)OC2O)C1(C)C(O)C3)C(O)c1ccccc1. The first kappa shape index (κ1) is 45.6. The summed E-state index contributed by atoms with van der Waals surface area (Å²) in [4.78, 5) is 39.4. The van der Waals surface area contributed by atoms with Crippen molar-refractivity contribution in [3.63, 3.8) is 0 Å². The van der Waals surface area contributed by atoms with Crippen LogP contribution in [0.25, 0.3) is 0 Å². The lowest BCUT2D eigenvalue weighted by molar-refractivity contribution is -0.251. The number of benzene rings is 1. The fraction of sp³-hybridized carbons (Fsp3) is 0.761. The largest absolute Gasteiger partial charge is 0.467 e. The van der Waals surface area contributed by atoms with Gasteiger partial charge in [-0.15, -0.1) is 0 Å². The molecule has 13 heteroatoms. The number of carbonyl (C=O) groups is 3. The molecule has 1 heterocycles. The fourth-order valence-electron chi connectivity index (χ4n) is 12.8. The van der Waals surface area contributed by atoms with Gasteiger partial charge in [0.25, 0.3) is 0 Å². The van der Waals surface area contributed by atoms with Gasteiger partial charge in [0.05, 0.1) is 49.5 Å². The van der Waals surface area contributed by atoms with Crippen molar-refractivity contribution in [1.82, 2.24) is 5.32 Å². The Morgan fingerprint density at radius 3 is 2.20 bits per heavy atom. The van der Waals surface area contributed by atoms with Crippen LogP contribution in [0.1, 0.15) is 131 Å². The zero-order chi connectivity index (χ0) is 43.7. The van der Waals surface area contributed by atoms with E-state index in [9.17, 15) is 45.0 Å². The van der Waals surface area contributed by atoms with Crippen LogP contribution in [0, 0.1) is 39.4 Å². The maximum absolute atomic E-state index is 13.6. The van der Waals surface area contributed by atoms with Crippen LogP contribution in [0.15, 0.2) is 41.5 Å². The van der Waals surface area contributed by atoms with Crippen LogP contribution in [0.4, 0.5) is 0 Å². The predicted octanol–water partition coefficient (Wildman–Crippen LogP) is 4.40. The van der Waals surface area contributed by atoms with E-state index in [1.807, 2.05) is 13.8 Å². The number of nitrogens with one attached hydrogen (secondary N) is 1. The van der Waals surface area contributed by atoms with Crippen molar-refractivity contribution in [2.45, 2.75) is 174 Å². The number of amides is 1. The van der Waals surface area contributed by atoms with Crippen molar-refractivity contribution in [1.29, 1.82) is 0 Å². The van der Waals surface area contributed by atoms with E-state index in [2.05, 4.69) is 26.1 Å². The van der Waals surface area contributed by atoms with E-state index in [4.69, 9.17) is 14.2 Å². The molecular weight excluding hydrogens is 759 g/mol. The molecule has 7 N–H and O–H groups in total. The Hall–Kier alpha value is -2.91. The Labute approximate surface area is 348 Å². The van der Waals surface area contributed by atoms with Crippen molar-refractivity contribution in [2.24, 2.45) is 39.4 Å². The summed E-state index contributed by atoms with van der Waals surface area (Å²) in [6, 6.07) is 6.82. The number of ether oxygens (including phenoxy) is 3. The Morgan fingerprint density at radius 2 is 1.59 bits per heavy atom. The van der Waals surface area contributed by atoms with Gasteiger partial charge in [-0.3, -0.25) is 9.59 Å². The van der Waals surface area contributed by atoms with Crippen molar-refractivity contribution in [3.05, 3.63) is 47.0 Å². The van der Waals surface area contributed by atoms with E-state index in [1.165, 1.54) is 12.5 Å². The van der Waals surface area contributed by atoms with Crippen LogP contribution in [-0.4, -0.2) is 104 Å². The summed E-state index contributed by atoms with van der Waals surface area (Å²) in [5.41, 5.74) is -2.27. The highest BCUT2D eigenvalue weighted by atomic mass is 16.6. The number of hydrogen-bond donors (Lipinski definition) is 7. The fourth-order valence-corrected chi connectivity index (χ4v) is 12.8. The number of carbonyl (C=O) groups excluding carboxylic acids is 3. The first-order chi connectivity index (χ1) is 27.3. The molecule has 3 fully saturated rings. The quantitative estimate of drug-likeness (QED) is 0.122. The minimum atomic E-state index is -1.90. The molecule has 14 atom stereocenters. The third-order valence-electron chi connectivity index (χ3n) is 16.1. The number of fused-ring (bicyclic) bond motifs is 4. The van der Waals surface area contributed by atoms with E-state index in [1.54, 1.807) is 44.2 Å². The van der Waals surface area contributed by atoms with Gasteiger partial charge in [-0.1, -0.05) is 76.1 Å². The molecule has 330 valence electrons. The lowest BCUT2D eigenvalue weighted by atomic mass is 9.42. The zero-order valence-electron chi connectivity index (χ0n) is 36.4. The normalized spacial score (nSPS) is 38.8. The summed E-state index contributed by atoms with van der Waals surface area (Å²) in [7, 11) is 1.13. The van der Waals surface area contributed by atoms with Gasteiger partial charge in [-0.05, 0) is 106 Å². The number of allylic oxidation sites excluding steroid dienone is 1. The number of aliphatic hydroxyl groups is 6. The van der Waals surface area contributed by atoms with Crippen molar-refractivity contribution >= 4 is 17.8 Å². The third-order valence-corrected chi connectivity index (χ3v) is 16.1. The highest BCUT2D eigenvalue weighted by molar-refractivity contribution is 5.86. The topological polar surface area (TPSA) is 212 Å². The first-order valence-corrected chi connectivity index (χ1v) is 21.5. The Kier molecular flexibility index (Phi) is 12.4. The van der Waals surface area contributed by atoms with Crippen LogP contribution >= 0.6 is 0 Å². The van der Waals surface area contributed by atoms with E-state index < -0.39 is 101 Å². The summed E-state index contributed by atoms with van der Waals surface area (Å²) in [6.45, 7) is 15.3. The van der Waals surface area contributed by atoms with E-state index in [0.29, 0.717) is 31.2 Å². The van der Waals surface area contributed by atoms with Crippen LogP contribution in [0.3, 0.4) is 0 Å². The Balaban J connectivity index is 1.18. The molecule has 1 amide bonds. The molecular formula is C46H69NO12. The third kappa shape index (κ3) is 8.03. The standard InChI is InChI=1S/C46H69NO12/c1-41(2)31-17-16-28-29(21-32(48)46(8)27(19-20-45(28,46)7)26-15-18-33(42(3,4)55)59-39(26)53)44(31,6)22-30(38(41)52)58-35(50)24-43(5,56)23-34(49)47-36(40(54)57-9)37(51)25-13-11-10-12-14-25/h10-14,26-27,30-33,36-39,48,51-53,55-56H,15-24H2,1-9H3,(H,47,49). The number of hydrogen-bond acceptors (Lipinski definition) is 12. The van der Waals surface area contributed by atoms with Gasteiger partial charge < -0.3 is 50.2 Å². The van der Waals surface area contributed by atoms with Gasteiger partial charge in [-0.2, -0.15) is 0 Å². The van der Waals surface area contributed by atoms with Gasteiger partial charge in [0.1, 0.15) is 12.2 Å². The molecule has 1 aromatic carbocycles. The van der Waals surface area contributed by atoms with Crippen molar-refractivity contribution < 1.29 is 59.2 Å². The van der Waals surface area contributed by atoms with Gasteiger partial charge >= 0.3 is 11.9 Å². The maximum atomic E-state index is 13.6. The summed E-state index contributed by atoms with van der Waals surface area (Å²) in [5.74, 6) is -2.65. The molecule has 0 aromatic heterocycles. The molecule has 6 rings (SSSR count). The minimum Gasteiger partial charge on any atom is -0.467 e.